The van der Waals surface area contributed by atoms with Gasteiger partial charge in [0, 0.05) is 11.8 Å². The number of rotatable bonds is 9. The predicted octanol–water partition coefficient (Wildman–Crippen LogP) is 3.67. The van der Waals surface area contributed by atoms with Crippen molar-refractivity contribution in [3.05, 3.63) is 35.9 Å². The molecule has 0 fully saturated rings. The van der Waals surface area contributed by atoms with E-state index in [-0.39, 0.29) is 25.5 Å². The Morgan fingerprint density at radius 1 is 1.20 bits per heavy atom. The molecule has 1 rings (SSSR count). The quantitative estimate of drug-likeness (QED) is 0.493. The molecule has 5 nitrogen and oxygen atoms in total. The monoisotopic (exact) mass is 365 g/mol. The van der Waals surface area contributed by atoms with Gasteiger partial charge in [-0.15, -0.1) is 11.6 Å². The number of hydrogen-bond acceptors (Lipinski definition) is 5. The molecule has 0 aliphatic carbocycles. The minimum absolute atomic E-state index is 0.111. The third-order valence-corrected chi connectivity index (χ3v) is 4.52. The molecule has 0 saturated carbocycles. The second-order valence-electron chi connectivity index (χ2n) is 5.62. The average Bonchev–Trinajstić information content (AvgIpc) is 2.62. The van der Waals surface area contributed by atoms with Gasteiger partial charge in [0.2, 0.25) is 0 Å². The topological polar surface area (TPSA) is 76.4 Å². The lowest BCUT2D eigenvalue weighted by molar-refractivity contribution is -0.166. The lowest BCUT2D eigenvalue weighted by Gasteiger charge is -2.36. The molecule has 0 saturated heterocycles. The highest BCUT2D eigenvalue weighted by molar-refractivity contribution is 6.18. The van der Waals surface area contributed by atoms with Crippen molar-refractivity contribution < 1.29 is 19.1 Å². The number of carbonyl (C=O) groups is 2. The molecule has 0 N–H and O–H groups in total. The molecular weight excluding hydrogens is 342 g/mol. The Morgan fingerprint density at radius 2 is 1.80 bits per heavy atom. The highest BCUT2D eigenvalue weighted by Gasteiger charge is 2.55. The van der Waals surface area contributed by atoms with E-state index in [4.69, 9.17) is 21.1 Å². The Morgan fingerprint density at radius 3 is 2.28 bits per heavy atom. The molecule has 6 heteroatoms. The molecule has 0 bridgehead atoms. The largest absolute Gasteiger partial charge is 0.466 e. The Balaban J connectivity index is 3.50. The minimum Gasteiger partial charge on any atom is -0.466 e. The normalized spacial score (nSPS) is 15.3. The van der Waals surface area contributed by atoms with Gasteiger partial charge in [0.25, 0.3) is 0 Å². The summed E-state index contributed by atoms with van der Waals surface area (Å²) in [4.78, 5) is 25.4. The van der Waals surface area contributed by atoms with Gasteiger partial charge in [-0.25, -0.2) is 0 Å². The highest BCUT2D eigenvalue weighted by atomic mass is 35.5. The van der Waals surface area contributed by atoms with Crippen molar-refractivity contribution in [3.63, 3.8) is 0 Å². The fourth-order valence-corrected chi connectivity index (χ4v) is 3.20. The van der Waals surface area contributed by atoms with E-state index < -0.39 is 29.2 Å². The number of hydrogen-bond donors (Lipinski definition) is 0. The van der Waals surface area contributed by atoms with E-state index >= 15 is 0 Å². The molecule has 0 aliphatic rings. The van der Waals surface area contributed by atoms with E-state index in [0.717, 1.165) is 5.56 Å². The van der Waals surface area contributed by atoms with Crippen LogP contribution in [0.2, 0.25) is 0 Å². The van der Waals surface area contributed by atoms with Crippen LogP contribution in [-0.4, -0.2) is 31.0 Å². The summed E-state index contributed by atoms with van der Waals surface area (Å²) >= 11 is 5.87. The lowest BCUT2D eigenvalue weighted by Crippen LogP contribution is -2.47. The van der Waals surface area contributed by atoms with E-state index in [1.807, 2.05) is 30.3 Å². The van der Waals surface area contributed by atoms with Gasteiger partial charge in [-0.3, -0.25) is 9.59 Å². The van der Waals surface area contributed by atoms with Gasteiger partial charge in [-0.2, -0.15) is 5.26 Å². The van der Waals surface area contributed by atoms with Crippen LogP contribution in [0.3, 0.4) is 0 Å². The fraction of sp³-hybridized carbons (Fsp3) is 0.526. The lowest BCUT2D eigenvalue weighted by atomic mass is 9.64. The summed E-state index contributed by atoms with van der Waals surface area (Å²) in [6.07, 6.45) is 0.143. The molecular formula is C19H24ClNO4. The van der Waals surface area contributed by atoms with Crippen molar-refractivity contribution >= 4 is 23.5 Å². The zero-order chi connectivity index (χ0) is 18.9. The van der Waals surface area contributed by atoms with Crippen LogP contribution >= 0.6 is 11.6 Å². The predicted molar refractivity (Wildman–Crippen MR) is 95.0 cm³/mol. The van der Waals surface area contributed by atoms with Crippen molar-refractivity contribution in [2.45, 2.75) is 33.1 Å². The van der Waals surface area contributed by atoms with Gasteiger partial charge in [0.15, 0.2) is 5.41 Å². The number of carbonyl (C=O) groups excluding carboxylic acids is 2. The summed E-state index contributed by atoms with van der Waals surface area (Å²) in [6.45, 7) is 5.35. The van der Waals surface area contributed by atoms with Crippen molar-refractivity contribution in [3.8, 4) is 6.07 Å². The summed E-state index contributed by atoms with van der Waals surface area (Å²) in [5.74, 6) is -2.80. The average molecular weight is 366 g/mol. The molecule has 25 heavy (non-hydrogen) atoms. The van der Waals surface area contributed by atoms with Crippen LogP contribution in [0.5, 0.6) is 0 Å². The summed E-state index contributed by atoms with van der Waals surface area (Å²) in [6, 6.07) is 11.2. The first-order valence-corrected chi connectivity index (χ1v) is 8.88. The zero-order valence-corrected chi connectivity index (χ0v) is 15.6. The Hall–Kier alpha value is -2.06. The Kier molecular flexibility index (Phi) is 8.44. The second-order valence-corrected chi connectivity index (χ2v) is 5.99. The summed E-state index contributed by atoms with van der Waals surface area (Å²) in [5.41, 5.74) is -0.945. The first-order chi connectivity index (χ1) is 12.0. The van der Waals surface area contributed by atoms with Gasteiger partial charge in [-0.1, -0.05) is 37.3 Å². The van der Waals surface area contributed by atoms with Crippen molar-refractivity contribution in [2.24, 2.45) is 11.3 Å². The van der Waals surface area contributed by atoms with E-state index in [1.54, 1.807) is 20.8 Å². The molecule has 136 valence electrons. The van der Waals surface area contributed by atoms with E-state index in [9.17, 15) is 14.9 Å². The van der Waals surface area contributed by atoms with Crippen LogP contribution in [0, 0.1) is 22.7 Å². The van der Waals surface area contributed by atoms with Crippen molar-refractivity contribution in [2.75, 3.05) is 19.1 Å². The van der Waals surface area contributed by atoms with Gasteiger partial charge >= 0.3 is 11.9 Å². The van der Waals surface area contributed by atoms with Crippen LogP contribution < -0.4 is 0 Å². The van der Waals surface area contributed by atoms with Gasteiger partial charge in [0.05, 0.1) is 25.2 Å². The standard InChI is InChI=1S/C19H24ClNO4/c1-4-24-17(22)16(11-12-20)19(13-21,18(23)25-5-2)14(3)15-9-7-6-8-10-15/h6-10,14,16H,4-5,11-12H2,1-3H3. The fourth-order valence-electron chi connectivity index (χ4n) is 2.98. The van der Waals surface area contributed by atoms with Crippen molar-refractivity contribution in [1.29, 1.82) is 5.26 Å². The van der Waals surface area contributed by atoms with E-state index in [2.05, 4.69) is 6.07 Å². The maximum absolute atomic E-state index is 12.8. The van der Waals surface area contributed by atoms with Gasteiger partial charge < -0.3 is 9.47 Å². The van der Waals surface area contributed by atoms with Crippen LogP contribution in [0.1, 0.15) is 38.7 Å². The van der Waals surface area contributed by atoms with E-state index in [1.165, 1.54) is 0 Å². The summed E-state index contributed by atoms with van der Waals surface area (Å²) < 4.78 is 10.3. The van der Waals surface area contributed by atoms with E-state index in [0.29, 0.717) is 0 Å². The molecule has 0 aliphatic heterocycles. The van der Waals surface area contributed by atoms with Crippen LogP contribution in [-0.2, 0) is 19.1 Å². The first kappa shape index (κ1) is 21.0. The van der Waals surface area contributed by atoms with Crippen LogP contribution in [0.15, 0.2) is 30.3 Å². The third kappa shape index (κ3) is 4.52. The minimum atomic E-state index is -1.71. The maximum atomic E-state index is 12.8. The molecule has 0 heterocycles. The number of ether oxygens (including phenoxy) is 2. The van der Waals surface area contributed by atoms with Crippen LogP contribution in [0.25, 0.3) is 0 Å². The third-order valence-electron chi connectivity index (χ3n) is 4.30. The summed E-state index contributed by atoms with van der Waals surface area (Å²) in [7, 11) is 0. The molecule has 0 radical (unpaired) electrons. The maximum Gasteiger partial charge on any atom is 0.328 e. The number of nitrogens with zero attached hydrogens (tertiary/aromatic N) is 1. The molecule has 3 atom stereocenters. The number of alkyl halides is 1. The number of halogens is 1. The van der Waals surface area contributed by atoms with Crippen molar-refractivity contribution in [1.82, 2.24) is 0 Å². The zero-order valence-electron chi connectivity index (χ0n) is 14.8. The number of nitriles is 1. The number of benzene rings is 1. The van der Waals surface area contributed by atoms with Crippen LogP contribution in [0.4, 0.5) is 0 Å². The smallest absolute Gasteiger partial charge is 0.328 e. The Bertz CT molecular complexity index is 614. The molecule has 3 unspecified atom stereocenters. The molecule has 1 aromatic carbocycles. The number of esters is 2. The first-order valence-electron chi connectivity index (χ1n) is 8.35. The molecule has 0 amide bonds. The highest BCUT2D eigenvalue weighted by Crippen LogP contribution is 2.45. The SMILES string of the molecule is CCOC(=O)C(CCCl)C(C#N)(C(=O)OCC)C(C)c1ccccc1. The molecule has 1 aromatic rings. The molecule has 0 aromatic heterocycles. The second kappa shape index (κ2) is 10.0. The van der Waals surface area contributed by atoms with Gasteiger partial charge in [0.1, 0.15) is 0 Å². The summed E-state index contributed by atoms with van der Waals surface area (Å²) in [5, 5.41) is 10.0. The van der Waals surface area contributed by atoms with Gasteiger partial charge in [-0.05, 0) is 25.8 Å². The molecule has 0 spiro atoms. The Labute approximate surface area is 153 Å².